The fraction of sp³-hybridized carbons (Fsp3) is 0.500. The molecule has 0 amide bonds. The molecule has 1 heterocycles. The van der Waals surface area contributed by atoms with E-state index in [9.17, 15) is 5.11 Å². The van der Waals surface area contributed by atoms with E-state index in [2.05, 4.69) is 49.0 Å². The van der Waals surface area contributed by atoms with Crippen LogP contribution in [0.3, 0.4) is 0 Å². The third-order valence-electron chi connectivity index (χ3n) is 4.09. The van der Waals surface area contributed by atoms with Crippen LogP contribution in [0.25, 0.3) is 0 Å². The SMILES string of the molecule is Cc1cc(C)c(CN(C)Cc2nncn2C)c(C)c1CO. The Balaban J connectivity index is 2.21. The van der Waals surface area contributed by atoms with Crippen molar-refractivity contribution in [3.8, 4) is 0 Å². The predicted octanol–water partition coefficient (Wildman–Crippen LogP) is 1.86. The number of aromatic nitrogens is 3. The lowest BCUT2D eigenvalue weighted by Crippen LogP contribution is -2.21. The van der Waals surface area contributed by atoms with Crippen LogP contribution in [0.4, 0.5) is 0 Å². The molecule has 0 saturated carbocycles. The number of aryl methyl sites for hydroxylation is 3. The molecule has 0 fully saturated rings. The van der Waals surface area contributed by atoms with Gasteiger partial charge in [-0.2, -0.15) is 0 Å². The predicted molar refractivity (Wildman–Crippen MR) is 82.7 cm³/mol. The summed E-state index contributed by atoms with van der Waals surface area (Å²) in [5.41, 5.74) is 5.95. The highest BCUT2D eigenvalue weighted by molar-refractivity contribution is 5.44. The van der Waals surface area contributed by atoms with Crippen molar-refractivity contribution in [1.82, 2.24) is 19.7 Å². The quantitative estimate of drug-likeness (QED) is 0.912. The van der Waals surface area contributed by atoms with Crippen molar-refractivity contribution in [2.24, 2.45) is 7.05 Å². The van der Waals surface area contributed by atoms with Crippen LogP contribution in [0.5, 0.6) is 0 Å². The number of rotatable bonds is 5. The Hall–Kier alpha value is -1.72. The van der Waals surface area contributed by atoms with Crippen LogP contribution in [-0.4, -0.2) is 31.8 Å². The van der Waals surface area contributed by atoms with Crippen LogP contribution in [0.2, 0.25) is 0 Å². The second kappa shape index (κ2) is 6.37. The molecule has 0 spiro atoms. The highest BCUT2D eigenvalue weighted by Crippen LogP contribution is 2.23. The first-order valence-electron chi connectivity index (χ1n) is 7.14. The molecule has 5 nitrogen and oxygen atoms in total. The Kier molecular flexibility index (Phi) is 4.75. The molecule has 0 atom stereocenters. The molecule has 1 aromatic heterocycles. The molecule has 1 aromatic carbocycles. The number of hydrogen-bond donors (Lipinski definition) is 1. The van der Waals surface area contributed by atoms with Crippen LogP contribution in [0.1, 0.15) is 33.6 Å². The van der Waals surface area contributed by atoms with E-state index in [0.717, 1.165) is 30.0 Å². The van der Waals surface area contributed by atoms with E-state index in [1.54, 1.807) is 6.33 Å². The molecule has 0 saturated heterocycles. The monoisotopic (exact) mass is 288 g/mol. The van der Waals surface area contributed by atoms with Crippen molar-refractivity contribution in [3.05, 3.63) is 46.0 Å². The first kappa shape index (κ1) is 15.7. The molecule has 5 heteroatoms. The van der Waals surface area contributed by atoms with Crippen molar-refractivity contribution in [1.29, 1.82) is 0 Å². The van der Waals surface area contributed by atoms with Crippen LogP contribution in [0.15, 0.2) is 12.4 Å². The average Bonchev–Trinajstić information content (AvgIpc) is 2.80. The van der Waals surface area contributed by atoms with Crippen molar-refractivity contribution in [2.45, 2.75) is 40.5 Å². The van der Waals surface area contributed by atoms with Gasteiger partial charge in [-0.25, -0.2) is 0 Å². The maximum Gasteiger partial charge on any atom is 0.146 e. The lowest BCUT2D eigenvalue weighted by Gasteiger charge is -2.21. The van der Waals surface area contributed by atoms with Crippen molar-refractivity contribution in [3.63, 3.8) is 0 Å². The number of hydrogen-bond acceptors (Lipinski definition) is 4. The fourth-order valence-electron chi connectivity index (χ4n) is 2.78. The molecule has 0 aliphatic carbocycles. The van der Waals surface area contributed by atoms with Gasteiger partial charge in [0.2, 0.25) is 0 Å². The molecular weight excluding hydrogens is 264 g/mol. The highest BCUT2D eigenvalue weighted by atomic mass is 16.3. The van der Waals surface area contributed by atoms with E-state index in [1.807, 2.05) is 11.6 Å². The van der Waals surface area contributed by atoms with Crippen molar-refractivity contribution >= 4 is 0 Å². The molecule has 0 unspecified atom stereocenters. The smallest absolute Gasteiger partial charge is 0.146 e. The summed E-state index contributed by atoms with van der Waals surface area (Å²) >= 11 is 0. The maximum atomic E-state index is 9.56. The zero-order valence-corrected chi connectivity index (χ0v) is 13.5. The summed E-state index contributed by atoms with van der Waals surface area (Å²) in [5.74, 6) is 0.947. The summed E-state index contributed by atoms with van der Waals surface area (Å²) < 4.78 is 1.94. The first-order chi connectivity index (χ1) is 9.93. The van der Waals surface area contributed by atoms with Gasteiger partial charge >= 0.3 is 0 Å². The molecule has 114 valence electrons. The standard InChI is InChI=1S/C16H24N4O/c1-11-6-12(2)15(9-21)13(3)14(11)7-19(4)8-16-18-17-10-20(16)5/h6,10,21H,7-9H2,1-5H3. The third-order valence-corrected chi connectivity index (χ3v) is 4.09. The minimum Gasteiger partial charge on any atom is -0.392 e. The van der Waals surface area contributed by atoms with Gasteiger partial charge in [0, 0.05) is 13.6 Å². The van der Waals surface area contributed by atoms with Crippen molar-refractivity contribution in [2.75, 3.05) is 7.05 Å². The number of nitrogens with zero attached hydrogens (tertiary/aromatic N) is 4. The van der Waals surface area contributed by atoms with Gasteiger partial charge in [-0.1, -0.05) is 6.07 Å². The van der Waals surface area contributed by atoms with Crippen LogP contribution in [0, 0.1) is 20.8 Å². The Morgan fingerprint density at radius 2 is 1.81 bits per heavy atom. The van der Waals surface area contributed by atoms with Gasteiger partial charge in [0.1, 0.15) is 12.2 Å². The lowest BCUT2D eigenvalue weighted by atomic mass is 9.93. The Labute approximate surface area is 126 Å². The normalized spacial score (nSPS) is 11.4. The molecule has 2 aromatic rings. The largest absolute Gasteiger partial charge is 0.392 e. The highest BCUT2D eigenvalue weighted by Gasteiger charge is 2.13. The minimum absolute atomic E-state index is 0.0952. The zero-order chi connectivity index (χ0) is 15.6. The Morgan fingerprint density at radius 3 is 2.38 bits per heavy atom. The van der Waals surface area contributed by atoms with E-state index >= 15 is 0 Å². The summed E-state index contributed by atoms with van der Waals surface area (Å²) in [5, 5.41) is 17.6. The van der Waals surface area contributed by atoms with E-state index < -0.39 is 0 Å². The third kappa shape index (κ3) is 3.31. The van der Waals surface area contributed by atoms with Gasteiger partial charge in [-0.15, -0.1) is 10.2 Å². The second-order valence-electron chi connectivity index (χ2n) is 5.78. The maximum absolute atomic E-state index is 9.56. The Morgan fingerprint density at radius 1 is 1.14 bits per heavy atom. The van der Waals surface area contributed by atoms with Crippen LogP contribution in [-0.2, 0) is 26.7 Å². The number of aliphatic hydroxyl groups excluding tert-OH is 1. The minimum atomic E-state index is 0.0952. The molecule has 0 bridgehead atoms. The van der Waals surface area contributed by atoms with Gasteiger partial charge in [0.05, 0.1) is 13.2 Å². The number of benzene rings is 1. The summed E-state index contributed by atoms with van der Waals surface area (Å²) in [6.45, 7) is 7.95. The molecule has 21 heavy (non-hydrogen) atoms. The summed E-state index contributed by atoms with van der Waals surface area (Å²) in [7, 11) is 4.03. The second-order valence-corrected chi connectivity index (χ2v) is 5.78. The lowest BCUT2D eigenvalue weighted by molar-refractivity contribution is 0.278. The zero-order valence-electron chi connectivity index (χ0n) is 13.5. The summed E-state index contributed by atoms with van der Waals surface area (Å²) in [6, 6.07) is 2.16. The van der Waals surface area contributed by atoms with E-state index in [4.69, 9.17) is 0 Å². The molecule has 0 aliphatic heterocycles. The van der Waals surface area contributed by atoms with Crippen LogP contribution >= 0.6 is 0 Å². The average molecular weight is 288 g/mol. The van der Waals surface area contributed by atoms with E-state index in [1.165, 1.54) is 16.7 Å². The summed E-state index contributed by atoms with van der Waals surface area (Å²) in [6.07, 6.45) is 1.72. The molecule has 1 N–H and O–H groups in total. The first-order valence-corrected chi connectivity index (χ1v) is 7.14. The molecule has 2 rings (SSSR count). The van der Waals surface area contributed by atoms with Crippen molar-refractivity contribution < 1.29 is 5.11 Å². The van der Waals surface area contributed by atoms with Gasteiger partial charge in [0.15, 0.2) is 0 Å². The molecule has 0 radical (unpaired) electrons. The van der Waals surface area contributed by atoms with Gasteiger partial charge in [-0.3, -0.25) is 4.90 Å². The molecule has 0 aliphatic rings. The fourth-order valence-corrected chi connectivity index (χ4v) is 2.78. The van der Waals surface area contributed by atoms with Crippen LogP contribution < -0.4 is 0 Å². The number of aliphatic hydroxyl groups is 1. The van der Waals surface area contributed by atoms with E-state index in [-0.39, 0.29) is 6.61 Å². The topological polar surface area (TPSA) is 54.2 Å². The van der Waals surface area contributed by atoms with Gasteiger partial charge in [0.25, 0.3) is 0 Å². The Bertz CT molecular complexity index is 633. The van der Waals surface area contributed by atoms with Gasteiger partial charge < -0.3 is 9.67 Å². The van der Waals surface area contributed by atoms with E-state index in [0.29, 0.717) is 0 Å². The molecular formula is C16H24N4O. The summed E-state index contributed by atoms with van der Waals surface area (Å²) in [4.78, 5) is 2.22. The van der Waals surface area contributed by atoms with Gasteiger partial charge in [-0.05, 0) is 55.6 Å².